The summed E-state index contributed by atoms with van der Waals surface area (Å²) in [4.78, 5) is 27.5. The highest BCUT2D eigenvalue weighted by atomic mass is 32.2. The lowest BCUT2D eigenvalue weighted by molar-refractivity contribution is -0.130. The Morgan fingerprint density at radius 3 is 2.62 bits per heavy atom. The highest BCUT2D eigenvalue weighted by Gasteiger charge is 2.24. The van der Waals surface area contributed by atoms with E-state index < -0.39 is 10.0 Å². The number of thiazole rings is 1. The van der Waals surface area contributed by atoms with Gasteiger partial charge in [0.25, 0.3) is 10.0 Å². The fourth-order valence-electron chi connectivity index (χ4n) is 4.66. The minimum Gasteiger partial charge on any atom is -0.351 e. The Morgan fingerprint density at radius 1 is 1.15 bits per heavy atom. The van der Waals surface area contributed by atoms with Crippen molar-refractivity contribution in [3.8, 4) is 10.7 Å². The molecule has 208 valence electrons. The molecule has 1 saturated heterocycles. The molecule has 5 rings (SSSR count). The van der Waals surface area contributed by atoms with Crippen LogP contribution in [0.4, 0.5) is 5.69 Å². The van der Waals surface area contributed by atoms with Crippen LogP contribution < -0.4 is 4.72 Å². The number of likely N-dealkylation sites (N-methyl/N-ethyl adjacent to an activating group) is 1. The maximum absolute atomic E-state index is 13.3. The van der Waals surface area contributed by atoms with Crippen molar-refractivity contribution < 1.29 is 13.2 Å². The van der Waals surface area contributed by atoms with Crippen molar-refractivity contribution in [3.05, 3.63) is 52.3 Å². The summed E-state index contributed by atoms with van der Waals surface area (Å²) >= 11 is 2.88. The van der Waals surface area contributed by atoms with Crippen LogP contribution in [0.25, 0.3) is 21.6 Å². The van der Waals surface area contributed by atoms with Gasteiger partial charge in [0.2, 0.25) is 5.91 Å². The minimum atomic E-state index is -3.71. The van der Waals surface area contributed by atoms with Gasteiger partial charge in [0.1, 0.15) is 9.22 Å². The number of aromatic amines is 1. The number of piperazine rings is 1. The van der Waals surface area contributed by atoms with Gasteiger partial charge in [0.05, 0.1) is 23.4 Å². The second-order valence-electron chi connectivity index (χ2n) is 10.3. The molecule has 4 heterocycles. The summed E-state index contributed by atoms with van der Waals surface area (Å²) in [5, 5.41) is 3.61. The molecule has 0 atom stereocenters. The summed E-state index contributed by atoms with van der Waals surface area (Å²) in [5.74, 6) is 0.252. The summed E-state index contributed by atoms with van der Waals surface area (Å²) in [5.41, 5.74) is 2.94. The number of thiophene rings is 1. The monoisotopic (exact) mass is 586 g/mol. The number of carbonyl (C=O) groups is 1. The Morgan fingerprint density at radius 2 is 1.90 bits per heavy atom. The molecule has 1 aliphatic rings. The predicted octanol–water partition coefficient (Wildman–Crippen LogP) is 4.48. The molecule has 3 aromatic heterocycles. The number of anilines is 1. The molecule has 0 unspecified atom stereocenters. The lowest BCUT2D eigenvalue weighted by atomic mass is 10.1. The maximum atomic E-state index is 13.3. The van der Waals surface area contributed by atoms with E-state index in [4.69, 9.17) is 0 Å². The number of hydrogen-bond acceptors (Lipinski definition) is 8. The molecule has 0 saturated carbocycles. The summed E-state index contributed by atoms with van der Waals surface area (Å²) in [6.07, 6.45) is 1.92. The van der Waals surface area contributed by atoms with Gasteiger partial charge >= 0.3 is 0 Å². The third kappa shape index (κ3) is 6.20. The van der Waals surface area contributed by atoms with Crippen molar-refractivity contribution in [1.82, 2.24) is 24.7 Å². The molecule has 2 N–H and O–H groups in total. The second-order valence-corrected chi connectivity index (χ2v) is 14.3. The summed E-state index contributed by atoms with van der Waals surface area (Å²) in [6.45, 7) is 8.84. The van der Waals surface area contributed by atoms with E-state index in [0.717, 1.165) is 59.9 Å². The fraction of sp³-hybridized carbons (Fsp3) is 0.407. The molecule has 0 aliphatic carbocycles. The van der Waals surface area contributed by atoms with Gasteiger partial charge in [-0.15, -0.1) is 22.7 Å². The quantitative estimate of drug-likeness (QED) is 0.300. The van der Waals surface area contributed by atoms with Gasteiger partial charge < -0.3 is 9.88 Å². The van der Waals surface area contributed by atoms with Crippen LogP contribution in [-0.2, 0) is 21.4 Å². The van der Waals surface area contributed by atoms with Gasteiger partial charge in [0, 0.05) is 63.3 Å². The summed E-state index contributed by atoms with van der Waals surface area (Å²) in [7, 11) is -0.131. The molecule has 1 aromatic carbocycles. The van der Waals surface area contributed by atoms with E-state index in [1.165, 1.54) is 16.2 Å². The molecular weight excluding hydrogens is 553 g/mol. The molecule has 1 fully saturated rings. The molecule has 0 radical (unpaired) electrons. The number of sulfonamides is 1. The third-order valence-corrected chi connectivity index (χ3v) is 10.8. The van der Waals surface area contributed by atoms with E-state index in [1.54, 1.807) is 36.4 Å². The number of fused-ring (bicyclic) bond motifs is 1. The first-order valence-corrected chi connectivity index (χ1v) is 16.1. The zero-order chi connectivity index (χ0) is 27.7. The Balaban J connectivity index is 1.28. The van der Waals surface area contributed by atoms with Crippen molar-refractivity contribution in [2.24, 2.45) is 0 Å². The van der Waals surface area contributed by atoms with Crippen LogP contribution in [0, 0.1) is 0 Å². The van der Waals surface area contributed by atoms with Gasteiger partial charge in [-0.3, -0.25) is 19.3 Å². The molecule has 1 aliphatic heterocycles. The van der Waals surface area contributed by atoms with E-state index in [1.807, 2.05) is 49.7 Å². The lowest BCUT2D eigenvalue weighted by Gasteiger charge is -2.34. The van der Waals surface area contributed by atoms with Crippen molar-refractivity contribution in [2.75, 3.05) is 51.5 Å². The average Bonchev–Trinajstić information content (AvgIpc) is 3.65. The topological polar surface area (TPSA) is 102 Å². The van der Waals surface area contributed by atoms with Crippen molar-refractivity contribution in [3.63, 3.8) is 0 Å². The van der Waals surface area contributed by atoms with Crippen LogP contribution in [0.3, 0.4) is 0 Å². The van der Waals surface area contributed by atoms with E-state index in [2.05, 4.69) is 24.5 Å². The summed E-state index contributed by atoms with van der Waals surface area (Å²) in [6, 6.07) is 9.49. The molecule has 12 heteroatoms. The van der Waals surface area contributed by atoms with Gasteiger partial charge in [-0.2, -0.15) is 0 Å². The maximum Gasteiger partial charge on any atom is 0.271 e. The first-order valence-electron chi connectivity index (χ1n) is 12.9. The highest BCUT2D eigenvalue weighted by molar-refractivity contribution is 7.94. The molecule has 39 heavy (non-hydrogen) atoms. The predicted molar refractivity (Wildman–Crippen MR) is 159 cm³/mol. The number of H-pyrrole nitrogens is 1. The zero-order valence-corrected chi connectivity index (χ0v) is 25.0. The molecule has 0 spiro atoms. The van der Waals surface area contributed by atoms with Gasteiger partial charge in [-0.25, -0.2) is 13.4 Å². The van der Waals surface area contributed by atoms with E-state index >= 15 is 0 Å². The molecular formula is C27H34N6O3S3. The SMILES string of the molecule is CC(C)c1ccsc1S(=O)(=O)Nc1cccc2cc(-c3ncc(CN4CCN(CC(=O)N(C)C)CC4)s3)[nH]c12. The third-order valence-electron chi connectivity index (χ3n) is 6.91. The number of benzene rings is 1. The van der Waals surface area contributed by atoms with Crippen LogP contribution in [0.5, 0.6) is 0 Å². The highest BCUT2D eigenvalue weighted by Crippen LogP contribution is 2.34. The van der Waals surface area contributed by atoms with Gasteiger partial charge in [-0.1, -0.05) is 26.0 Å². The van der Waals surface area contributed by atoms with E-state index in [0.29, 0.717) is 16.4 Å². The van der Waals surface area contributed by atoms with Crippen molar-refractivity contribution >= 4 is 55.2 Å². The standard InChI is InChI=1S/C27H34N6O3S3/c1-18(2)21-8-13-37-27(21)39(35,36)30-22-7-5-6-19-14-23(29-25(19)22)26-28-15-20(38-26)16-32-9-11-33(12-10-32)17-24(34)31(3)4/h5-8,13-15,18,29-30H,9-12,16-17H2,1-4H3. The summed E-state index contributed by atoms with van der Waals surface area (Å²) < 4.78 is 29.7. The number of para-hydroxylation sites is 1. The fourth-order valence-corrected chi connectivity index (χ4v) is 8.33. The lowest BCUT2D eigenvalue weighted by Crippen LogP contribution is -2.48. The van der Waals surface area contributed by atoms with Crippen LogP contribution in [0.15, 0.2) is 46.1 Å². The number of carbonyl (C=O) groups excluding carboxylic acids is 1. The molecule has 1 amide bonds. The number of rotatable bonds is 9. The molecule has 0 bridgehead atoms. The normalized spacial score (nSPS) is 15.3. The van der Waals surface area contributed by atoms with Crippen LogP contribution in [0.2, 0.25) is 0 Å². The molecule has 9 nitrogen and oxygen atoms in total. The molecule has 4 aromatic rings. The Hall–Kier alpha value is -2.77. The average molecular weight is 587 g/mol. The van der Waals surface area contributed by atoms with Gasteiger partial charge in [-0.05, 0) is 35.1 Å². The number of nitrogens with zero attached hydrogens (tertiary/aromatic N) is 4. The zero-order valence-electron chi connectivity index (χ0n) is 22.6. The Kier molecular flexibility index (Phi) is 8.11. The van der Waals surface area contributed by atoms with Crippen LogP contribution in [-0.4, -0.2) is 85.8 Å². The van der Waals surface area contributed by atoms with E-state index in [-0.39, 0.29) is 11.8 Å². The van der Waals surface area contributed by atoms with Crippen molar-refractivity contribution in [2.45, 2.75) is 30.5 Å². The van der Waals surface area contributed by atoms with E-state index in [9.17, 15) is 13.2 Å². The Bertz CT molecular complexity index is 1560. The first kappa shape index (κ1) is 27.8. The minimum absolute atomic E-state index is 0.117. The number of hydrogen-bond donors (Lipinski definition) is 2. The second kappa shape index (κ2) is 11.4. The number of nitrogens with one attached hydrogen (secondary N) is 2. The smallest absolute Gasteiger partial charge is 0.271 e. The Labute approximate surface area is 237 Å². The van der Waals surface area contributed by atoms with Crippen LogP contribution >= 0.6 is 22.7 Å². The largest absolute Gasteiger partial charge is 0.351 e. The number of aromatic nitrogens is 2. The van der Waals surface area contributed by atoms with Crippen molar-refractivity contribution in [1.29, 1.82) is 0 Å². The van der Waals surface area contributed by atoms with Gasteiger partial charge in [0.15, 0.2) is 0 Å². The number of amides is 1. The van der Waals surface area contributed by atoms with Crippen LogP contribution in [0.1, 0.15) is 30.2 Å². The first-order chi connectivity index (χ1) is 18.6.